The highest BCUT2D eigenvalue weighted by molar-refractivity contribution is 14.0. The number of hydrogen-bond acceptors (Lipinski definition) is 4. The predicted octanol–water partition coefficient (Wildman–Crippen LogP) is 3.30. The van der Waals surface area contributed by atoms with E-state index in [1.54, 1.807) is 7.11 Å². The van der Waals surface area contributed by atoms with E-state index in [-0.39, 0.29) is 24.0 Å². The second kappa shape index (κ2) is 14.0. The number of ether oxygens (including phenoxy) is 3. The van der Waals surface area contributed by atoms with Crippen molar-refractivity contribution < 1.29 is 14.2 Å². The first-order valence-electron chi connectivity index (χ1n) is 9.54. The van der Waals surface area contributed by atoms with E-state index in [9.17, 15) is 0 Å². The number of guanidine groups is 1. The Morgan fingerprint density at radius 1 is 1.22 bits per heavy atom. The molecule has 1 N–H and O–H groups in total. The Labute approximate surface area is 180 Å². The Morgan fingerprint density at radius 2 is 1.93 bits per heavy atom. The molecule has 0 spiro atoms. The molecule has 1 aromatic carbocycles. The highest BCUT2D eigenvalue weighted by atomic mass is 127. The summed E-state index contributed by atoms with van der Waals surface area (Å²) in [6, 6.07) is 7.98. The van der Waals surface area contributed by atoms with Gasteiger partial charge in [0.05, 0.1) is 19.8 Å². The fourth-order valence-electron chi connectivity index (χ4n) is 3.09. The second-order valence-electron chi connectivity index (χ2n) is 6.37. The Bertz CT molecular complexity index is 532. The van der Waals surface area contributed by atoms with Gasteiger partial charge in [0.25, 0.3) is 0 Å². The highest BCUT2D eigenvalue weighted by Gasteiger charge is 2.21. The van der Waals surface area contributed by atoms with Gasteiger partial charge in [0, 0.05) is 39.9 Å². The summed E-state index contributed by atoms with van der Waals surface area (Å²) >= 11 is 0. The summed E-state index contributed by atoms with van der Waals surface area (Å²) in [7, 11) is 3.52. The zero-order valence-corrected chi connectivity index (χ0v) is 19.1. The van der Waals surface area contributed by atoms with E-state index in [0.29, 0.717) is 12.7 Å². The topological polar surface area (TPSA) is 55.3 Å². The van der Waals surface area contributed by atoms with Crippen molar-refractivity contribution in [2.75, 3.05) is 47.0 Å². The molecule has 0 atom stereocenters. The molecule has 0 amide bonds. The van der Waals surface area contributed by atoms with E-state index in [0.717, 1.165) is 69.4 Å². The predicted molar refractivity (Wildman–Crippen MR) is 120 cm³/mol. The monoisotopic (exact) mass is 491 g/mol. The van der Waals surface area contributed by atoms with E-state index in [4.69, 9.17) is 14.2 Å². The Morgan fingerprint density at radius 3 is 2.52 bits per heavy atom. The summed E-state index contributed by atoms with van der Waals surface area (Å²) in [5.41, 5.74) is 1.16. The van der Waals surface area contributed by atoms with Crippen LogP contribution in [0.25, 0.3) is 0 Å². The smallest absolute Gasteiger partial charge is 0.193 e. The van der Waals surface area contributed by atoms with E-state index >= 15 is 0 Å². The maximum absolute atomic E-state index is 5.74. The first kappa shape index (κ1) is 24.0. The minimum absolute atomic E-state index is 0. The molecule has 0 saturated carbocycles. The van der Waals surface area contributed by atoms with Crippen LogP contribution in [0.4, 0.5) is 0 Å². The summed E-state index contributed by atoms with van der Waals surface area (Å²) in [6.07, 6.45) is 3.49. The summed E-state index contributed by atoms with van der Waals surface area (Å²) in [5.74, 6) is 1.85. The van der Waals surface area contributed by atoms with Gasteiger partial charge in [-0.1, -0.05) is 12.1 Å². The molecular formula is C20H34IN3O3. The Kier molecular flexibility index (Phi) is 12.4. The van der Waals surface area contributed by atoms with E-state index in [1.807, 2.05) is 31.3 Å². The van der Waals surface area contributed by atoms with Gasteiger partial charge in [-0.05, 0) is 43.9 Å². The SMILES string of the molecule is CCOC1CCN(C(=NC)NCCCOCc2ccc(OC)cc2)CC1.I. The normalized spacial score (nSPS) is 15.4. The summed E-state index contributed by atoms with van der Waals surface area (Å²) in [6.45, 7) is 7.07. The van der Waals surface area contributed by atoms with Crippen molar-refractivity contribution in [1.82, 2.24) is 10.2 Å². The molecule has 27 heavy (non-hydrogen) atoms. The molecule has 7 heteroatoms. The second-order valence-corrected chi connectivity index (χ2v) is 6.37. The first-order valence-corrected chi connectivity index (χ1v) is 9.54. The van der Waals surface area contributed by atoms with E-state index in [1.165, 1.54) is 0 Å². The van der Waals surface area contributed by atoms with Gasteiger partial charge in [0.15, 0.2) is 5.96 Å². The molecular weight excluding hydrogens is 457 g/mol. The molecule has 0 unspecified atom stereocenters. The van der Waals surface area contributed by atoms with Crippen LogP contribution in [0.2, 0.25) is 0 Å². The molecule has 1 saturated heterocycles. The van der Waals surface area contributed by atoms with Crippen LogP contribution < -0.4 is 10.1 Å². The third kappa shape index (κ3) is 8.66. The molecule has 0 aromatic heterocycles. The van der Waals surface area contributed by atoms with Crippen LogP contribution in [0.5, 0.6) is 5.75 Å². The lowest BCUT2D eigenvalue weighted by molar-refractivity contribution is 0.0263. The highest BCUT2D eigenvalue weighted by Crippen LogP contribution is 2.14. The lowest BCUT2D eigenvalue weighted by Crippen LogP contribution is -2.47. The number of piperidine rings is 1. The number of aliphatic imine (C=N–C) groups is 1. The van der Waals surface area contributed by atoms with Gasteiger partial charge in [-0.15, -0.1) is 24.0 Å². The summed E-state index contributed by atoms with van der Waals surface area (Å²) in [5, 5.41) is 3.44. The summed E-state index contributed by atoms with van der Waals surface area (Å²) < 4.78 is 16.6. The average molecular weight is 491 g/mol. The zero-order chi connectivity index (χ0) is 18.6. The molecule has 2 rings (SSSR count). The van der Waals surface area contributed by atoms with Gasteiger partial charge in [-0.25, -0.2) is 0 Å². The number of halogens is 1. The van der Waals surface area contributed by atoms with Crippen LogP contribution in [-0.4, -0.2) is 64.0 Å². The molecule has 1 heterocycles. The minimum Gasteiger partial charge on any atom is -0.497 e. The molecule has 0 radical (unpaired) electrons. The number of nitrogens with one attached hydrogen (secondary N) is 1. The van der Waals surface area contributed by atoms with Crippen molar-refractivity contribution in [3.63, 3.8) is 0 Å². The molecule has 1 aromatic rings. The molecule has 1 fully saturated rings. The van der Waals surface area contributed by atoms with Crippen molar-refractivity contribution in [2.45, 2.75) is 38.9 Å². The van der Waals surface area contributed by atoms with Crippen LogP contribution in [-0.2, 0) is 16.1 Å². The molecule has 0 bridgehead atoms. The number of benzene rings is 1. The van der Waals surface area contributed by atoms with Crippen molar-refractivity contribution in [1.29, 1.82) is 0 Å². The van der Waals surface area contributed by atoms with Crippen molar-refractivity contribution in [2.24, 2.45) is 4.99 Å². The number of methoxy groups -OCH3 is 1. The third-order valence-corrected chi connectivity index (χ3v) is 4.53. The molecule has 1 aliphatic rings. The summed E-state index contributed by atoms with van der Waals surface area (Å²) in [4.78, 5) is 6.72. The van der Waals surface area contributed by atoms with Gasteiger partial charge >= 0.3 is 0 Å². The van der Waals surface area contributed by atoms with Crippen LogP contribution in [0.15, 0.2) is 29.3 Å². The largest absolute Gasteiger partial charge is 0.497 e. The fraction of sp³-hybridized carbons (Fsp3) is 0.650. The van der Waals surface area contributed by atoms with Gasteiger partial charge in [-0.2, -0.15) is 0 Å². The van der Waals surface area contributed by atoms with Gasteiger partial charge in [0.1, 0.15) is 5.75 Å². The number of likely N-dealkylation sites (tertiary alicyclic amines) is 1. The van der Waals surface area contributed by atoms with E-state index < -0.39 is 0 Å². The number of hydrogen-bond donors (Lipinski definition) is 1. The molecule has 6 nitrogen and oxygen atoms in total. The molecule has 0 aliphatic carbocycles. The van der Waals surface area contributed by atoms with Crippen LogP contribution in [0, 0.1) is 0 Å². The third-order valence-electron chi connectivity index (χ3n) is 4.53. The van der Waals surface area contributed by atoms with Gasteiger partial charge in [0.2, 0.25) is 0 Å². The van der Waals surface area contributed by atoms with Crippen molar-refractivity contribution >= 4 is 29.9 Å². The van der Waals surface area contributed by atoms with E-state index in [2.05, 4.69) is 22.1 Å². The van der Waals surface area contributed by atoms with Gasteiger partial charge < -0.3 is 24.4 Å². The van der Waals surface area contributed by atoms with Crippen LogP contribution >= 0.6 is 24.0 Å². The van der Waals surface area contributed by atoms with Crippen LogP contribution in [0.1, 0.15) is 31.7 Å². The molecule has 154 valence electrons. The molecule has 1 aliphatic heterocycles. The van der Waals surface area contributed by atoms with Crippen molar-refractivity contribution in [3.05, 3.63) is 29.8 Å². The lowest BCUT2D eigenvalue weighted by Gasteiger charge is -2.34. The Balaban J connectivity index is 0.00000364. The Hall–Kier alpha value is -1.06. The first-order chi connectivity index (χ1) is 12.8. The minimum atomic E-state index is 0. The standard InChI is InChI=1S/C20H33N3O3.HI/c1-4-26-19-10-13-23(14-11-19)20(21-2)22-12-5-15-25-16-17-6-8-18(24-3)9-7-17;/h6-9,19H,4-5,10-16H2,1-3H3,(H,21,22);1H. The fourth-order valence-corrected chi connectivity index (χ4v) is 3.09. The van der Waals surface area contributed by atoms with Crippen molar-refractivity contribution in [3.8, 4) is 5.75 Å². The quantitative estimate of drug-likeness (QED) is 0.249. The maximum Gasteiger partial charge on any atom is 0.193 e. The van der Waals surface area contributed by atoms with Gasteiger partial charge in [-0.3, -0.25) is 4.99 Å². The maximum atomic E-state index is 5.74. The number of nitrogens with zero attached hydrogens (tertiary/aromatic N) is 2. The number of rotatable bonds is 9. The average Bonchev–Trinajstić information content (AvgIpc) is 2.69. The lowest BCUT2D eigenvalue weighted by atomic mass is 10.1. The zero-order valence-electron chi connectivity index (χ0n) is 16.8. The van der Waals surface area contributed by atoms with Crippen LogP contribution in [0.3, 0.4) is 0 Å².